The van der Waals surface area contributed by atoms with Gasteiger partial charge < -0.3 is 0 Å². The standard InChI is InChI=1S/C20H19NO2S/c1-14-3-5-15(6-4-14)17-11-20(9-10-20)12-18(17)19-8-7-16(13-21-19)24(2,22)23/h3-8,11-13H,9-10H2,1-2H3. The minimum Gasteiger partial charge on any atom is -0.255 e. The highest BCUT2D eigenvalue weighted by atomic mass is 32.2. The molecule has 1 spiro atoms. The first-order valence-corrected chi connectivity index (χ1v) is 9.95. The minimum absolute atomic E-state index is 0.187. The first-order valence-electron chi connectivity index (χ1n) is 8.06. The Labute approximate surface area is 142 Å². The van der Waals surface area contributed by atoms with E-state index in [0.717, 1.165) is 11.3 Å². The Bertz CT molecular complexity index is 961. The fourth-order valence-electron chi connectivity index (χ4n) is 3.15. The molecule has 0 bridgehead atoms. The number of aromatic nitrogens is 1. The van der Waals surface area contributed by atoms with Gasteiger partial charge in [-0.25, -0.2) is 8.42 Å². The summed E-state index contributed by atoms with van der Waals surface area (Å²) in [6, 6.07) is 12.0. The highest BCUT2D eigenvalue weighted by molar-refractivity contribution is 7.90. The first kappa shape index (κ1) is 15.3. The van der Waals surface area contributed by atoms with Crippen molar-refractivity contribution in [1.29, 1.82) is 0 Å². The lowest BCUT2D eigenvalue weighted by Crippen LogP contribution is -1.99. The summed E-state index contributed by atoms with van der Waals surface area (Å²) in [7, 11) is -3.22. The Morgan fingerprint density at radius 3 is 2.17 bits per heavy atom. The van der Waals surface area contributed by atoms with Crippen LogP contribution in [0.4, 0.5) is 0 Å². The van der Waals surface area contributed by atoms with Gasteiger partial charge in [0.1, 0.15) is 0 Å². The van der Waals surface area contributed by atoms with Gasteiger partial charge in [-0.15, -0.1) is 0 Å². The van der Waals surface area contributed by atoms with Gasteiger partial charge in [0.2, 0.25) is 0 Å². The maximum absolute atomic E-state index is 11.6. The van der Waals surface area contributed by atoms with Crippen molar-refractivity contribution in [3.8, 4) is 0 Å². The van der Waals surface area contributed by atoms with E-state index in [1.807, 2.05) is 6.07 Å². The molecule has 122 valence electrons. The zero-order valence-electron chi connectivity index (χ0n) is 13.8. The molecule has 1 aromatic heterocycles. The Hall–Kier alpha value is -2.20. The molecule has 1 heterocycles. The molecule has 4 heteroatoms. The predicted molar refractivity (Wildman–Crippen MR) is 96.1 cm³/mol. The Morgan fingerprint density at radius 2 is 1.62 bits per heavy atom. The van der Waals surface area contributed by atoms with E-state index in [1.165, 1.54) is 42.0 Å². The third-order valence-electron chi connectivity index (χ3n) is 4.78. The monoisotopic (exact) mass is 337 g/mol. The summed E-state index contributed by atoms with van der Waals surface area (Å²) in [6.45, 7) is 2.08. The van der Waals surface area contributed by atoms with Crippen molar-refractivity contribution in [2.24, 2.45) is 5.41 Å². The molecule has 1 saturated carbocycles. The van der Waals surface area contributed by atoms with Crippen LogP contribution in [0.15, 0.2) is 59.6 Å². The number of hydrogen-bond acceptors (Lipinski definition) is 3. The third-order valence-corrected chi connectivity index (χ3v) is 5.88. The predicted octanol–water partition coefficient (Wildman–Crippen LogP) is 4.05. The second kappa shape index (κ2) is 5.15. The fourth-order valence-corrected chi connectivity index (χ4v) is 3.71. The summed E-state index contributed by atoms with van der Waals surface area (Å²) in [5, 5.41) is 0. The van der Waals surface area contributed by atoms with Crippen LogP contribution in [-0.2, 0) is 9.84 Å². The molecule has 0 N–H and O–H groups in total. The average Bonchev–Trinajstić information content (AvgIpc) is 3.19. The van der Waals surface area contributed by atoms with Gasteiger partial charge >= 0.3 is 0 Å². The number of hydrogen-bond donors (Lipinski definition) is 0. The lowest BCUT2D eigenvalue weighted by Gasteiger charge is -2.09. The molecule has 0 atom stereocenters. The van der Waals surface area contributed by atoms with Crippen molar-refractivity contribution in [3.05, 3.63) is 71.6 Å². The summed E-state index contributed by atoms with van der Waals surface area (Å²) in [5.41, 5.74) is 5.75. The van der Waals surface area contributed by atoms with Gasteiger partial charge in [-0.3, -0.25) is 4.98 Å². The van der Waals surface area contributed by atoms with Crippen LogP contribution in [0.5, 0.6) is 0 Å². The second-order valence-electron chi connectivity index (χ2n) is 6.87. The summed E-state index contributed by atoms with van der Waals surface area (Å²) in [6.07, 6.45) is 9.65. The average molecular weight is 337 g/mol. The number of benzene rings is 1. The molecular weight excluding hydrogens is 318 g/mol. The van der Waals surface area contributed by atoms with Crippen LogP contribution < -0.4 is 0 Å². The number of sulfone groups is 1. The molecule has 0 saturated heterocycles. The van der Waals surface area contributed by atoms with Gasteiger partial charge in [0, 0.05) is 23.4 Å². The molecule has 24 heavy (non-hydrogen) atoms. The Balaban J connectivity index is 1.76. The lowest BCUT2D eigenvalue weighted by atomic mass is 9.97. The van der Waals surface area contributed by atoms with Crippen molar-refractivity contribution in [2.45, 2.75) is 24.7 Å². The van der Waals surface area contributed by atoms with E-state index >= 15 is 0 Å². The van der Waals surface area contributed by atoms with Crippen LogP contribution >= 0.6 is 0 Å². The molecule has 0 amide bonds. The quantitative estimate of drug-likeness (QED) is 0.849. The van der Waals surface area contributed by atoms with Crippen LogP contribution in [0.3, 0.4) is 0 Å². The van der Waals surface area contributed by atoms with Gasteiger partial charge in [-0.2, -0.15) is 0 Å². The SMILES string of the molecule is Cc1ccc(C2=CC3(C=C2c2ccc(S(C)(=O)=O)cn2)CC3)cc1. The van der Waals surface area contributed by atoms with Gasteiger partial charge in [0.15, 0.2) is 9.84 Å². The molecule has 1 aromatic carbocycles. The number of pyridine rings is 1. The highest BCUT2D eigenvalue weighted by Crippen LogP contribution is 2.57. The second-order valence-corrected chi connectivity index (χ2v) is 8.88. The minimum atomic E-state index is -3.22. The molecule has 0 aliphatic heterocycles. The van der Waals surface area contributed by atoms with Crippen LogP contribution in [0.2, 0.25) is 0 Å². The number of allylic oxidation sites excluding steroid dienone is 4. The molecule has 2 aliphatic rings. The van der Waals surface area contributed by atoms with Crippen molar-refractivity contribution in [3.63, 3.8) is 0 Å². The number of rotatable bonds is 3. The van der Waals surface area contributed by atoms with Crippen molar-refractivity contribution < 1.29 is 8.42 Å². The number of aryl methyl sites for hydroxylation is 1. The van der Waals surface area contributed by atoms with E-state index in [2.05, 4.69) is 48.3 Å². The molecule has 1 fully saturated rings. The first-order chi connectivity index (χ1) is 11.4. The van der Waals surface area contributed by atoms with E-state index in [9.17, 15) is 8.42 Å². The third kappa shape index (κ3) is 2.71. The fraction of sp³-hybridized carbons (Fsp3) is 0.250. The van der Waals surface area contributed by atoms with E-state index in [1.54, 1.807) is 6.07 Å². The molecule has 0 radical (unpaired) electrons. The summed E-state index contributed by atoms with van der Waals surface area (Å²) >= 11 is 0. The van der Waals surface area contributed by atoms with Crippen molar-refractivity contribution in [1.82, 2.24) is 4.98 Å². The van der Waals surface area contributed by atoms with Crippen LogP contribution in [0.1, 0.15) is 29.7 Å². The number of nitrogens with zero attached hydrogens (tertiary/aromatic N) is 1. The molecular formula is C20H19NO2S. The highest BCUT2D eigenvalue weighted by Gasteiger charge is 2.43. The maximum Gasteiger partial charge on any atom is 0.177 e. The van der Waals surface area contributed by atoms with E-state index in [4.69, 9.17) is 0 Å². The largest absolute Gasteiger partial charge is 0.255 e. The molecule has 2 aliphatic carbocycles. The maximum atomic E-state index is 11.6. The molecule has 0 unspecified atom stereocenters. The summed E-state index contributed by atoms with van der Waals surface area (Å²) in [4.78, 5) is 4.68. The van der Waals surface area contributed by atoms with Gasteiger partial charge in [-0.1, -0.05) is 42.0 Å². The van der Waals surface area contributed by atoms with Gasteiger partial charge in [-0.05, 0) is 43.0 Å². The Kier molecular flexibility index (Phi) is 3.29. The van der Waals surface area contributed by atoms with E-state index in [0.29, 0.717) is 0 Å². The van der Waals surface area contributed by atoms with Gasteiger partial charge in [0.25, 0.3) is 0 Å². The van der Waals surface area contributed by atoms with Crippen molar-refractivity contribution in [2.75, 3.05) is 6.26 Å². The van der Waals surface area contributed by atoms with E-state index < -0.39 is 9.84 Å². The topological polar surface area (TPSA) is 47.0 Å². The molecule has 2 aromatic rings. The zero-order chi connectivity index (χ0) is 16.9. The smallest absolute Gasteiger partial charge is 0.177 e. The summed E-state index contributed by atoms with van der Waals surface area (Å²) < 4.78 is 23.3. The van der Waals surface area contributed by atoms with Crippen LogP contribution in [-0.4, -0.2) is 19.7 Å². The molecule has 4 rings (SSSR count). The normalized spacial score (nSPS) is 18.4. The van der Waals surface area contributed by atoms with Crippen LogP contribution in [0.25, 0.3) is 11.1 Å². The zero-order valence-corrected chi connectivity index (χ0v) is 14.6. The van der Waals surface area contributed by atoms with Gasteiger partial charge in [0.05, 0.1) is 10.6 Å². The van der Waals surface area contributed by atoms with E-state index in [-0.39, 0.29) is 10.3 Å². The lowest BCUT2D eigenvalue weighted by molar-refractivity contribution is 0.601. The Morgan fingerprint density at radius 1 is 0.958 bits per heavy atom. The molecule has 3 nitrogen and oxygen atoms in total. The summed E-state index contributed by atoms with van der Waals surface area (Å²) in [5.74, 6) is 0. The van der Waals surface area contributed by atoms with Crippen molar-refractivity contribution >= 4 is 21.0 Å². The van der Waals surface area contributed by atoms with Crippen LogP contribution in [0, 0.1) is 12.3 Å².